The normalized spacial score (nSPS) is 10.7. The van der Waals surface area contributed by atoms with Gasteiger partial charge in [0.15, 0.2) is 0 Å². The lowest BCUT2D eigenvalue weighted by molar-refractivity contribution is -0.117. The molecule has 2 aromatic carbocycles. The maximum absolute atomic E-state index is 12.5. The van der Waals surface area contributed by atoms with E-state index in [9.17, 15) is 14.4 Å². The van der Waals surface area contributed by atoms with Gasteiger partial charge in [0, 0.05) is 5.69 Å². The summed E-state index contributed by atoms with van der Waals surface area (Å²) >= 11 is 0. The average molecular weight is 367 g/mol. The Hall–Kier alpha value is -3.35. The van der Waals surface area contributed by atoms with E-state index in [-0.39, 0.29) is 11.9 Å². The number of fused-ring (bicyclic) bond motifs is 1. The molecule has 140 valence electrons. The van der Waals surface area contributed by atoms with E-state index in [2.05, 4.69) is 10.4 Å². The van der Waals surface area contributed by atoms with E-state index >= 15 is 0 Å². The zero-order valence-electron chi connectivity index (χ0n) is 15.2. The molecule has 0 fully saturated rings. The van der Waals surface area contributed by atoms with Gasteiger partial charge in [0.1, 0.15) is 12.3 Å². The molecule has 1 heterocycles. The zero-order chi connectivity index (χ0) is 19.4. The Kier molecular flexibility index (Phi) is 5.40. The fourth-order valence-corrected chi connectivity index (χ4v) is 2.78. The van der Waals surface area contributed by atoms with Crippen molar-refractivity contribution in [1.29, 1.82) is 0 Å². The molecule has 0 unspecified atom stereocenters. The third-order valence-electron chi connectivity index (χ3n) is 4.13. The lowest BCUT2D eigenvalue weighted by atomic mass is 10.2. The second-order valence-corrected chi connectivity index (χ2v) is 6.25. The molecule has 0 aliphatic heterocycles. The highest BCUT2D eigenvalue weighted by molar-refractivity contribution is 5.91. The number of carbonyl (C=O) groups is 1. The predicted molar refractivity (Wildman–Crippen MR) is 104 cm³/mol. The van der Waals surface area contributed by atoms with Crippen LogP contribution in [0.4, 0.5) is 5.69 Å². The molecule has 1 amide bonds. The number of rotatable bonds is 6. The minimum Gasteiger partial charge on any atom is -0.494 e. The van der Waals surface area contributed by atoms with E-state index in [0.717, 1.165) is 22.4 Å². The second kappa shape index (κ2) is 7.90. The Balaban J connectivity index is 1.79. The molecule has 3 rings (SSSR count). The van der Waals surface area contributed by atoms with E-state index in [1.54, 1.807) is 36.4 Å². The van der Waals surface area contributed by atoms with Crippen molar-refractivity contribution in [3.05, 3.63) is 68.7 Å². The van der Waals surface area contributed by atoms with Crippen molar-refractivity contribution in [3.63, 3.8) is 0 Å². The van der Waals surface area contributed by atoms with Gasteiger partial charge in [-0.2, -0.15) is 0 Å². The van der Waals surface area contributed by atoms with Gasteiger partial charge < -0.3 is 10.1 Å². The molecule has 1 aromatic heterocycles. The number of H-pyrrole nitrogens is 1. The Labute approximate surface area is 155 Å². The van der Waals surface area contributed by atoms with E-state index < -0.39 is 17.0 Å². The molecule has 0 radical (unpaired) electrons. The van der Waals surface area contributed by atoms with Crippen molar-refractivity contribution in [2.75, 3.05) is 11.9 Å². The Morgan fingerprint density at radius 3 is 2.59 bits per heavy atom. The van der Waals surface area contributed by atoms with Gasteiger partial charge in [-0.15, -0.1) is 0 Å². The molecule has 0 saturated carbocycles. The molecular formula is C20H21N3O4. The topological polar surface area (TPSA) is 93.2 Å². The van der Waals surface area contributed by atoms with Crippen LogP contribution in [0.1, 0.15) is 18.9 Å². The molecule has 27 heavy (non-hydrogen) atoms. The summed E-state index contributed by atoms with van der Waals surface area (Å²) in [6.07, 6.45) is 0.913. The maximum Gasteiger partial charge on any atom is 0.273 e. The summed E-state index contributed by atoms with van der Waals surface area (Å²) in [6, 6.07) is 11.9. The first-order chi connectivity index (χ1) is 13.0. The predicted octanol–water partition coefficient (Wildman–Crippen LogP) is 2.43. The van der Waals surface area contributed by atoms with Gasteiger partial charge in [-0.3, -0.25) is 19.5 Å². The van der Waals surface area contributed by atoms with Crippen LogP contribution in [0, 0.1) is 6.92 Å². The summed E-state index contributed by atoms with van der Waals surface area (Å²) in [5.41, 5.74) is 0.642. The molecule has 0 saturated heterocycles. The van der Waals surface area contributed by atoms with Crippen molar-refractivity contribution < 1.29 is 9.53 Å². The molecule has 0 aliphatic carbocycles. The molecule has 0 atom stereocenters. The fraction of sp³-hybridized carbons (Fsp3) is 0.250. The van der Waals surface area contributed by atoms with Crippen molar-refractivity contribution in [2.24, 2.45) is 0 Å². The summed E-state index contributed by atoms with van der Waals surface area (Å²) in [5, 5.41) is 5.79. The summed E-state index contributed by atoms with van der Waals surface area (Å²) in [7, 11) is 0. The summed E-state index contributed by atoms with van der Waals surface area (Å²) in [4.78, 5) is 37.0. The number of aromatic amines is 1. The van der Waals surface area contributed by atoms with Crippen LogP contribution >= 0.6 is 0 Å². The minimum atomic E-state index is -0.416. The fourth-order valence-electron chi connectivity index (χ4n) is 2.78. The molecule has 7 heteroatoms. The minimum absolute atomic E-state index is 0.280. The van der Waals surface area contributed by atoms with Gasteiger partial charge in [0.05, 0.1) is 17.4 Å². The van der Waals surface area contributed by atoms with Gasteiger partial charge in [-0.25, -0.2) is 4.68 Å². The molecule has 3 aromatic rings. The highest BCUT2D eigenvalue weighted by Crippen LogP contribution is 2.21. The smallest absolute Gasteiger partial charge is 0.273 e. The molecule has 0 aliphatic rings. The van der Waals surface area contributed by atoms with Crippen LogP contribution in [0.5, 0.6) is 5.75 Å². The Bertz CT molecular complexity index is 1100. The van der Waals surface area contributed by atoms with Gasteiger partial charge >= 0.3 is 0 Å². The van der Waals surface area contributed by atoms with Crippen LogP contribution in [-0.4, -0.2) is 22.3 Å². The number of carbonyl (C=O) groups excluding carboxylic acids is 1. The number of aryl methyl sites for hydroxylation is 1. The average Bonchev–Trinajstić information content (AvgIpc) is 2.66. The van der Waals surface area contributed by atoms with Crippen molar-refractivity contribution in [1.82, 2.24) is 9.78 Å². The van der Waals surface area contributed by atoms with E-state index in [1.165, 1.54) is 0 Å². The van der Waals surface area contributed by atoms with Crippen LogP contribution in [0.3, 0.4) is 0 Å². The van der Waals surface area contributed by atoms with Crippen molar-refractivity contribution in [3.8, 4) is 5.75 Å². The first kappa shape index (κ1) is 18.4. The van der Waals surface area contributed by atoms with Crippen LogP contribution in [-0.2, 0) is 11.3 Å². The second-order valence-electron chi connectivity index (χ2n) is 6.25. The first-order valence-electron chi connectivity index (χ1n) is 8.74. The van der Waals surface area contributed by atoms with Gasteiger partial charge in [-0.05, 0) is 49.2 Å². The number of benzene rings is 2. The summed E-state index contributed by atoms with van der Waals surface area (Å²) in [6.45, 7) is 4.23. The first-order valence-corrected chi connectivity index (χ1v) is 8.74. The van der Waals surface area contributed by atoms with Gasteiger partial charge in [-0.1, -0.05) is 19.1 Å². The SMILES string of the molecule is CCCOc1ccc(NC(=O)Cn2[nH]c(=O)c3ccccc3c2=O)c(C)c1. The third kappa shape index (κ3) is 4.08. The number of nitrogens with one attached hydrogen (secondary N) is 2. The van der Waals surface area contributed by atoms with Crippen LogP contribution < -0.4 is 21.2 Å². The molecular weight excluding hydrogens is 346 g/mol. The lowest BCUT2D eigenvalue weighted by Crippen LogP contribution is -2.34. The Morgan fingerprint density at radius 1 is 1.15 bits per heavy atom. The maximum atomic E-state index is 12.5. The van der Waals surface area contributed by atoms with Crippen LogP contribution in [0.25, 0.3) is 10.8 Å². The third-order valence-corrected chi connectivity index (χ3v) is 4.13. The van der Waals surface area contributed by atoms with Gasteiger partial charge in [0.25, 0.3) is 11.1 Å². The number of nitrogens with zero attached hydrogens (tertiary/aromatic N) is 1. The monoisotopic (exact) mass is 367 g/mol. The van der Waals surface area contributed by atoms with Crippen molar-refractivity contribution >= 4 is 22.4 Å². The van der Waals surface area contributed by atoms with E-state index in [0.29, 0.717) is 17.7 Å². The number of ether oxygens (including phenoxy) is 1. The number of anilines is 1. The van der Waals surface area contributed by atoms with Crippen molar-refractivity contribution in [2.45, 2.75) is 26.8 Å². The number of amides is 1. The van der Waals surface area contributed by atoms with E-state index in [1.807, 2.05) is 19.9 Å². The quantitative estimate of drug-likeness (QED) is 0.700. The standard InChI is InChI=1S/C20H21N3O4/c1-3-10-27-14-8-9-17(13(2)11-14)21-18(24)12-23-20(26)16-7-5-4-6-15(16)19(25)22-23/h4-9,11H,3,10,12H2,1-2H3,(H,21,24)(H,22,25). The Morgan fingerprint density at radius 2 is 1.89 bits per heavy atom. The number of aromatic nitrogens is 2. The molecule has 0 spiro atoms. The molecule has 2 N–H and O–H groups in total. The van der Waals surface area contributed by atoms with Crippen LogP contribution in [0.15, 0.2) is 52.1 Å². The lowest BCUT2D eigenvalue weighted by Gasteiger charge is -2.12. The van der Waals surface area contributed by atoms with Crippen LogP contribution in [0.2, 0.25) is 0 Å². The molecule has 7 nitrogen and oxygen atoms in total. The summed E-state index contributed by atoms with van der Waals surface area (Å²) < 4.78 is 6.59. The highest BCUT2D eigenvalue weighted by atomic mass is 16.5. The number of hydrogen-bond donors (Lipinski definition) is 2. The zero-order valence-corrected chi connectivity index (χ0v) is 15.2. The summed E-state index contributed by atoms with van der Waals surface area (Å²) in [5.74, 6) is 0.329. The number of hydrogen-bond acceptors (Lipinski definition) is 4. The highest BCUT2D eigenvalue weighted by Gasteiger charge is 2.11. The van der Waals surface area contributed by atoms with Gasteiger partial charge in [0.2, 0.25) is 5.91 Å². The molecule has 0 bridgehead atoms. The largest absolute Gasteiger partial charge is 0.494 e. The van der Waals surface area contributed by atoms with E-state index in [4.69, 9.17) is 4.74 Å².